The van der Waals surface area contributed by atoms with Gasteiger partial charge in [-0.3, -0.25) is 4.79 Å². The number of nitrogens with zero attached hydrogens (tertiary/aromatic N) is 2. The molecule has 306 valence electrons. The van der Waals surface area contributed by atoms with Crippen LogP contribution in [-0.4, -0.2) is 77.8 Å². The SMILES string of the molecule is CCC(O)COC1CN(C(=O)c2ccc(CO[N+](=O)[O-])cc2)CC(OCc2cc(OC)c3ccccc3c2)C1c1ccc(OCCCCCc2ccccc2O)cc1. The van der Waals surface area contributed by atoms with Crippen LogP contribution in [0.4, 0.5) is 0 Å². The van der Waals surface area contributed by atoms with E-state index < -0.39 is 23.4 Å². The Kier molecular flexibility index (Phi) is 14.9. The van der Waals surface area contributed by atoms with E-state index in [4.69, 9.17) is 18.9 Å². The number of benzene rings is 5. The summed E-state index contributed by atoms with van der Waals surface area (Å²) in [6, 6.07) is 33.9. The Balaban J connectivity index is 1.21. The standard InChI is InChI=1S/C46H52N2O10/c1-3-38(49)31-57-44-28-47(46(51)36-18-16-32(17-19-36)30-58-48(52)53)27-43(56-29-33-25-37-13-6-8-14-40(37)42(26-33)54-2)45(44)35-20-22-39(23-21-35)55-24-10-4-5-11-34-12-7-9-15-41(34)50/h6-9,12-23,25-26,38,43-45,49-50H,3-5,10-11,24,27-31H2,1-2H3. The van der Waals surface area contributed by atoms with Gasteiger partial charge in [-0.05, 0) is 102 Å². The van der Waals surface area contributed by atoms with Gasteiger partial charge in [-0.15, -0.1) is 10.1 Å². The summed E-state index contributed by atoms with van der Waals surface area (Å²) in [5, 5.41) is 32.5. The fourth-order valence-electron chi connectivity index (χ4n) is 7.37. The number of aliphatic hydroxyl groups is 1. The summed E-state index contributed by atoms with van der Waals surface area (Å²) in [5.41, 5.74) is 3.79. The van der Waals surface area contributed by atoms with E-state index in [2.05, 4.69) is 10.9 Å². The number of likely N-dealkylation sites (tertiary alicyclic amines) is 1. The number of amides is 1. The molecule has 1 aliphatic rings. The number of carbonyl (C=O) groups is 1. The lowest BCUT2D eigenvalue weighted by molar-refractivity contribution is -0.763. The summed E-state index contributed by atoms with van der Waals surface area (Å²) in [7, 11) is 1.65. The van der Waals surface area contributed by atoms with Crippen molar-refractivity contribution in [2.24, 2.45) is 0 Å². The van der Waals surface area contributed by atoms with Crippen LogP contribution in [0.1, 0.15) is 71.1 Å². The monoisotopic (exact) mass is 792 g/mol. The number of aryl methyl sites for hydroxylation is 1. The van der Waals surface area contributed by atoms with Gasteiger partial charge in [-0.1, -0.05) is 73.7 Å². The second-order valence-corrected chi connectivity index (χ2v) is 14.6. The van der Waals surface area contributed by atoms with Crippen molar-refractivity contribution in [3.8, 4) is 17.2 Å². The largest absolute Gasteiger partial charge is 0.508 e. The predicted octanol–water partition coefficient (Wildman–Crippen LogP) is 8.04. The van der Waals surface area contributed by atoms with Crippen LogP contribution in [0.2, 0.25) is 0 Å². The summed E-state index contributed by atoms with van der Waals surface area (Å²) in [6.45, 7) is 3.06. The number of hydrogen-bond donors (Lipinski definition) is 2. The van der Waals surface area contributed by atoms with Gasteiger partial charge < -0.3 is 38.9 Å². The third kappa shape index (κ3) is 11.2. The third-order valence-corrected chi connectivity index (χ3v) is 10.6. The Labute approximate surface area is 339 Å². The molecule has 6 rings (SSSR count). The van der Waals surface area contributed by atoms with Gasteiger partial charge in [-0.2, -0.15) is 0 Å². The maximum atomic E-state index is 14.1. The summed E-state index contributed by atoms with van der Waals surface area (Å²) >= 11 is 0. The van der Waals surface area contributed by atoms with Crippen molar-refractivity contribution in [2.45, 2.75) is 76.5 Å². The number of ether oxygens (including phenoxy) is 4. The van der Waals surface area contributed by atoms with Crippen molar-refractivity contribution >= 4 is 16.7 Å². The van der Waals surface area contributed by atoms with Crippen LogP contribution < -0.4 is 9.47 Å². The maximum Gasteiger partial charge on any atom is 0.294 e. The molecule has 4 unspecified atom stereocenters. The molecular weight excluding hydrogens is 741 g/mol. The fourth-order valence-corrected chi connectivity index (χ4v) is 7.37. The lowest BCUT2D eigenvalue weighted by Crippen LogP contribution is -2.54. The number of fused-ring (bicyclic) bond motifs is 1. The van der Waals surface area contributed by atoms with Crippen LogP contribution >= 0.6 is 0 Å². The zero-order valence-electron chi connectivity index (χ0n) is 33.0. The zero-order chi connectivity index (χ0) is 40.9. The topological polar surface area (TPSA) is 150 Å². The van der Waals surface area contributed by atoms with E-state index in [-0.39, 0.29) is 44.7 Å². The normalized spacial score (nSPS) is 17.2. The van der Waals surface area contributed by atoms with Gasteiger partial charge >= 0.3 is 0 Å². The van der Waals surface area contributed by atoms with Gasteiger partial charge in [-0.25, -0.2) is 0 Å². The van der Waals surface area contributed by atoms with Gasteiger partial charge in [0.25, 0.3) is 11.0 Å². The highest BCUT2D eigenvalue weighted by molar-refractivity contribution is 5.94. The second-order valence-electron chi connectivity index (χ2n) is 14.6. The molecule has 1 fully saturated rings. The number of phenols is 1. The first-order valence-corrected chi connectivity index (χ1v) is 19.8. The Bertz CT molecular complexity index is 2090. The van der Waals surface area contributed by atoms with Gasteiger partial charge in [0.05, 0.1) is 45.2 Å². The molecule has 58 heavy (non-hydrogen) atoms. The summed E-state index contributed by atoms with van der Waals surface area (Å²) in [4.78, 5) is 31.0. The molecule has 0 radical (unpaired) electrons. The quantitative estimate of drug-likeness (QED) is 0.0451. The number of aliphatic hydroxyl groups excluding tert-OH is 1. The lowest BCUT2D eigenvalue weighted by Gasteiger charge is -2.44. The first-order chi connectivity index (χ1) is 28.2. The van der Waals surface area contributed by atoms with Crippen LogP contribution in [-0.2, 0) is 33.9 Å². The fraction of sp³-hybridized carbons (Fsp3) is 0.370. The number of carbonyl (C=O) groups excluding carboxylic acids is 1. The molecule has 4 atom stereocenters. The van der Waals surface area contributed by atoms with Crippen molar-refractivity contribution in [3.63, 3.8) is 0 Å². The van der Waals surface area contributed by atoms with Crippen molar-refractivity contribution in [2.75, 3.05) is 33.4 Å². The van der Waals surface area contributed by atoms with Gasteiger partial charge in [0.1, 0.15) is 23.9 Å². The van der Waals surface area contributed by atoms with Crippen LogP contribution in [0, 0.1) is 10.1 Å². The highest BCUT2D eigenvalue weighted by Crippen LogP contribution is 2.36. The highest BCUT2D eigenvalue weighted by atomic mass is 16.9. The average molecular weight is 793 g/mol. The molecule has 0 spiro atoms. The Hall–Kier alpha value is -5.69. The molecule has 5 aromatic rings. The smallest absolute Gasteiger partial charge is 0.294 e. The number of unbranched alkanes of at least 4 members (excludes halogenated alkanes) is 2. The van der Waals surface area contributed by atoms with Crippen molar-refractivity contribution in [1.82, 2.24) is 4.90 Å². The third-order valence-electron chi connectivity index (χ3n) is 10.6. The zero-order valence-corrected chi connectivity index (χ0v) is 33.0. The van der Waals surface area contributed by atoms with E-state index in [1.165, 1.54) is 0 Å². The van der Waals surface area contributed by atoms with Crippen LogP contribution in [0.15, 0.2) is 109 Å². The van der Waals surface area contributed by atoms with Crippen molar-refractivity contribution < 1.29 is 43.9 Å². The number of para-hydroxylation sites is 1. The van der Waals surface area contributed by atoms with Gasteiger partial charge in [0.2, 0.25) is 0 Å². The highest BCUT2D eigenvalue weighted by Gasteiger charge is 2.41. The number of piperidine rings is 1. The molecule has 1 aliphatic heterocycles. The van der Waals surface area contributed by atoms with Crippen LogP contribution in [0.5, 0.6) is 17.2 Å². The Morgan fingerprint density at radius 2 is 1.59 bits per heavy atom. The number of rotatable bonds is 20. The van der Waals surface area contributed by atoms with Crippen molar-refractivity contribution in [1.29, 1.82) is 0 Å². The molecule has 0 aromatic heterocycles. The molecule has 0 saturated carbocycles. The number of aromatic hydroxyl groups is 1. The Morgan fingerprint density at radius 1 is 0.862 bits per heavy atom. The van der Waals surface area contributed by atoms with E-state index in [0.717, 1.165) is 64.6 Å². The lowest BCUT2D eigenvalue weighted by atomic mass is 9.84. The van der Waals surface area contributed by atoms with Gasteiger partial charge in [0.15, 0.2) is 0 Å². The van der Waals surface area contributed by atoms with E-state index >= 15 is 0 Å². The molecule has 1 saturated heterocycles. The molecule has 0 aliphatic carbocycles. The van der Waals surface area contributed by atoms with E-state index in [1.807, 2.05) is 79.7 Å². The minimum atomic E-state index is -0.850. The predicted molar refractivity (Wildman–Crippen MR) is 220 cm³/mol. The number of methoxy groups -OCH3 is 1. The van der Waals surface area contributed by atoms with Crippen LogP contribution in [0.3, 0.4) is 0 Å². The summed E-state index contributed by atoms with van der Waals surface area (Å²) in [6.07, 6.45) is 2.40. The molecule has 5 aromatic carbocycles. The first kappa shape index (κ1) is 41.9. The van der Waals surface area contributed by atoms with E-state index in [0.29, 0.717) is 29.9 Å². The minimum Gasteiger partial charge on any atom is -0.508 e. The molecule has 1 heterocycles. The van der Waals surface area contributed by atoms with Crippen LogP contribution in [0.25, 0.3) is 10.8 Å². The van der Waals surface area contributed by atoms with E-state index in [1.54, 1.807) is 42.3 Å². The molecule has 1 amide bonds. The molecule has 12 nitrogen and oxygen atoms in total. The molecule has 12 heteroatoms. The number of hydrogen-bond acceptors (Lipinski definition) is 10. The van der Waals surface area contributed by atoms with Crippen molar-refractivity contribution in [3.05, 3.63) is 147 Å². The second kappa shape index (κ2) is 20.6. The molecule has 2 N–H and O–H groups in total. The molecule has 0 bridgehead atoms. The number of phenolic OH excluding ortho intramolecular Hbond substituents is 1. The van der Waals surface area contributed by atoms with Gasteiger partial charge in [0, 0.05) is 30.0 Å². The molecular formula is C46H52N2O10. The maximum absolute atomic E-state index is 14.1. The Morgan fingerprint density at radius 3 is 2.31 bits per heavy atom. The van der Waals surface area contributed by atoms with E-state index in [9.17, 15) is 25.1 Å². The summed E-state index contributed by atoms with van der Waals surface area (Å²) < 4.78 is 25.1. The average Bonchev–Trinajstić information content (AvgIpc) is 3.25. The first-order valence-electron chi connectivity index (χ1n) is 19.8. The minimum absolute atomic E-state index is 0.0878. The summed E-state index contributed by atoms with van der Waals surface area (Å²) in [5.74, 6) is 1.27.